The van der Waals surface area contributed by atoms with Crippen LogP contribution in [0.3, 0.4) is 0 Å². The molecule has 0 radical (unpaired) electrons. The third-order valence-electron chi connectivity index (χ3n) is 3.97. The molecule has 0 saturated carbocycles. The first-order valence-corrected chi connectivity index (χ1v) is 8.05. The molecule has 0 spiro atoms. The second-order valence-electron chi connectivity index (χ2n) is 7.03. The molecule has 120 valence electrons. The first-order valence-electron chi connectivity index (χ1n) is 8.05. The minimum Gasteiger partial charge on any atom is -0.370 e. The molecule has 1 aliphatic rings. The smallest absolute Gasteiger partial charge is 0.291 e. The summed E-state index contributed by atoms with van der Waals surface area (Å²) < 4.78 is 5.97. The summed E-state index contributed by atoms with van der Waals surface area (Å²) in [5, 5.41) is 13.0. The minimum atomic E-state index is -0.224. The van der Waals surface area contributed by atoms with Crippen molar-refractivity contribution in [2.24, 2.45) is 5.92 Å². The number of fused-ring (bicyclic) bond motifs is 1. The fourth-order valence-corrected chi connectivity index (χ4v) is 2.94. The van der Waals surface area contributed by atoms with E-state index in [9.17, 15) is 5.26 Å². The van der Waals surface area contributed by atoms with Crippen LogP contribution in [0.2, 0.25) is 0 Å². The van der Waals surface area contributed by atoms with Gasteiger partial charge in [0.15, 0.2) is 0 Å². The summed E-state index contributed by atoms with van der Waals surface area (Å²) in [6.07, 6.45) is 1.72. The molecule has 5 N–H and O–H groups in total. The molecule has 2 heterocycles. The topological polar surface area (TPSA) is 86.8 Å². The number of H-pyrrole nitrogens is 1. The van der Waals surface area contributed by atoms with Crippen molar-refractivity contribution in [3.05, 3.63) is 22.4 Å². The molecule has 2 rings (SSSR count). The average molecular weight is 304 g/mol. The van der Waals surface area contributed by atoms with Gasteiger partial charge in [-0.2, -0.15) is 5.26 Å². The number of anilines is 1. The van der Waals surface area contributed by atoms with Gasteiger partial charge in [-0.05, 0) is 25.3 Å². The number of hydrogen-bond acceptors (Lipinski definition) is 3. The quantitative estimate of drug-likeness (QED) is 0.853. The highest BCUT2D eigenvalue weighted by Crippen LogP contribution is 2.33. The van der Waals surface area contributed by atoms with E-state index in [0.29, 0.717) is 12.5 Å². The highest BCUT2D eigenvalue weighted by molar-refractivity contribution is 5.56. The SMILES string of the molecule is CC(C)Cc1[nH+]c(NCC[NH3+])c(C#N)c2c1COC(C)(C)C2. The zero-order valence-electron chi connectivity index (χ0n) is 14.2. The molecule has 0 fully saturated rings. The van der Waals surface area contributed by atoms with Gasteiger partial charge in [-0.1, -0.05) is 13.8 Å². The second-order valence-corrected chi connectivity index (χ2v) is 7.03. The third kappa shape index (κ3) is 3.57. The van der Waals surface area contributed by atoms with Gasteiger partial charge >= 0.3 is 0 Å². The van der Waals surface area contributed by atoms with Crippen LogP contribution in [-0.4, -0.2) is 18.7 Å². The molecule has 0 unspecified atom stereocenters. The zero-order chi connectivity index (χ0) is 16.3. The molecule has 5 nitrogen and oxygen atoms in total. The lowest BCUT2D eigenvalue weighted by atomic mass is 9.87. The monoisotopic (exact) mass is 304 g/mol. The largest absolute Gasteiger partial charge is 0.370 e. The maximum atomic E-state index is 9.65. The van der Waals surface area contributed by atoms with E-state index >= 15 is 0 Å². The van der Waals surface area contributed by atoms with Crippen molar-refractivity contribution in [3.8, 4) is 6.07 Å². The van der Waals surface area contributed by atoms with Crippen LogP contribution in [0.5, 0.6) is 0 Å². The van der Waals surface area contributed by atoms with E-state index in [1.165, 1.54) is 11.3 Å². The fourth-order valence-electron chi connectivity index (χ4n) is 2.94. The van der Waals surface area contributed by atoms with Gasteiger partial charge < -0.3 is 10.5 Å². The number of aromatic amines is 1. The second kappa shape index (κ2) is 6.64. The van der Waals surface area contributed by atoms with Crippen molar-refractivity contribution in [1.82, 2.24) is 0 Å². The van der Waals surface area contributed by atoms with Crippen LogP contribution in [-0.2, 0) is 24.2 Å². The summed E-state index contributed by atoms with van der Waals surface area (Å²) in [5.74, 6) is 1.38. The van der Waals surface area contributed by atoms with Crippen molar-refractivity contribution in [2.45, 2.75) is 52.7 Å². The van der Waals surface area contributed by atoms with E-state index in [2.05, 4.69) is 49.8 Å². The van der Waals surface area contributed by atoms with Gasteiger partial charge in [0.2, 0.25) is 0 Å². The molecule has 0 aliphatic carbocycles. The van der Waals surface area contributed by atoms with E-state index in [-0.39, 0.29) is 5.60 Å². The van der Waals surface area contributed by atoms with Crippen molar-refractivity contribution >= 4 is 5.82 Å². The Labute approximate surface area is 132 Å². The number of aromatic nitrogens is 1. The van der Waals surface area contributed by atoms with E-state index in [1.54, 1.807) is 0 Å². The van der Waals surface area contributed by atoms with Crippen molar-refractivity contribution in [3.63, 3.8) is 0 Å². The van der Waals surface area contributed by atoms with Crippen LogP contribution in [0.15, 0.2) is 0 Å². The van der Waals surface area contributed by atoms with Gasteiger partial charge in [0.25, 0.3) is 5.82 Å². The number of nitrogens with zero attached hydrogens (tertiary/aromatic N) is 1. The Kier molecular flexibility index (Phi) is 5.05. The Morgan fingerprint density at radius 1 is 1.41 bits per heavy atom. The lowest BCUT2D eigenvalue weighted by molar-refractivity contribution is -0.379. The van der Waals surface area contributed by atoms with Crippen LogP contribution in [0.25, 0.3) is 0 Å². The van der Waals surface area contributed by atoms with Crippen molar-refractivity contribution < 1.29 is 15.5 Å². The van der Waals surface area contributed by atoms with Gasteiger partial charge in [-0.3, -0.25) is 5.32 Å². The van der Waals surface area contributed by atoms with Crippen LogP contribution >= 0.6 is 0 Å². The van der Waals surface area contributed by atoms with Gasteiger partial charge in [0, 0.05) is 18.4 Å². The van der Waals surface area contributed by atoms with Gasteiger partial charge in [-0.25, -0.2) is 4.98 Å². The number of hydrogen-bond donors (Lipinski definition) is 2. The Bertz CT molecular complexity index is 587. The maximum absolute atomic E-state index is 9.65. The Balaban J connectivity index is 2.55. The zero-order valence-corrected chi connectivity index (χ0v) is 14.2. The molecule has 1 aromatic rings. The summed E-state index contributed by atoms with van der Waals surface area (Å²) in [5.41, 5.74) is 7.86. The van der Waals surface area contributed by atoms with E-state index in [0.717, 1.165) is 42.9 Å². The van der Waals surface area contributed by atoms with E-state index in [4.69, 9.17) is 4.74 Å². The predicted octanol–water partition coefficient (Wildman–Crippen LogP) is 1.08. The Morgan fingerprint density at radius 2 is 2.14 bits per heavy atom. The third-order valence-corrected chi connectivity index (χ3v) is 3.97. The van der Waals surface area contributed by atoms with Gasteiger partial charge in [0.05, 0.1) is 12.2 Å². The van der Waals surface area contributed by atoms with Crippen LogP contribution in [0, 0.1) is 17.2 Å². The van der Waals surface area contributed by atoms with Crippen LogP contribution < -0.4 is 16.0 Å². The first kappa shape index (κ1) is 16.7. The summed E-state index contributed by atoms with van der Waals surface area (Å²) in [6, 6.07) is 2.38. The molecule has 0 aromatic carbocycles. The molecule has 0 bridgehead atoms. The van der Waals surface area contributed by atoms with Crippen molar-refractivity contribution in [2.75, 3.05) is 18.4 Å². The number of ether oxygens (including phenoxy) is 1. The standard InChI is InChI=1S/C17H26N4O/c1-11(2)7-15-14-10-22-17(3,4)8-12(14)13(9-19)16(21-15)20-6-5-18/h11H,5-8,10,18H2,1-4H3,(H,20,21)/p+2. The number of nitriles is 1. The van der Waals surface area contributed by atoms with E-state index < -0.39 is 0 Å². The van der Waals surface area contributed by atoms with Crippen molar-refractivity contribution in [1.29, 1.82) is 5.26 Å². The number of nitrogens with one attached hydrogen (secondary N) is 2. The minimum absolute atomic E-state index is 0.224. The van der Waals surface area contributed by atoms with Gasteiger partial charge in [0.1, 0.15) is 30.4 Å². The molecule has 0 saturated heterocycles. The normalized spacial score (nSPS) is 16.2. The maximum Gasteiger partial charge on any atom is 0.291 e. The molecule has 1 aromatic heterocycles. The molecule has 0 amide bonds. The predicted molar refractivity (Wildman–Crippen MR) is 85.1 cm³/mol. The molecular weight excluding hydrogens is 276 g/mol. The van der Waals surface area contributed by atoms with Crippen LogP contribution in [0.1, 0.15) is 50.1 Å². The molecular formula is C17H28N4O+2. The summed E-state index contributed by atoms with van der Waals surface area (Å²) in [4.78, 5) is 3.44. The average Bonchev–Trinajstić information content (AvgIpc) is 2.43. The first-order chi connectivity index (χ1) is 10.4. The van der Waals surface area contributed by atoms with E-state index in [1.807, 2.05) is 0 Å². The fraction of sp³-hybridized carbons (Fsp3) is 0.647. The molecule has 0 atom stereocenters. The Morgan fingerprint density at radius 3 is 2.73 bits per heavy atom. The van der Waals surface area contributed by atoms with Crippen LogP contribution in [0.4, 0.5) is 5.82 Å². The number of pyridine rings is 1. The Hall–Kier alpha value is -1.64. The lowest BCUT2D eigenvalue weighted by Gasteiger charge is -2.33. The highest BCUT2D eigenvalue weighted by Gasteiger charge is 2.33. The molecule has 5 heteroatoms. The summed E-state index contributed by atoms with van der Waals surface area (Å²) >= 11 is 0. The molecule has 1 aliphatic heterocycles. The molecule has 22 heavy (non-hydrogen) atoms. The summed E-state index contributed by atoms with van der Waals surface area (Å²) in [6.45, 7) is 10.7. The number of rotatable bonds is 5. The van der Waals surface area contributed by atoms with Gasteiger partial charge in [-0.15, -0.1) is 0 Å². The number of quaternary nitrogens is 1. The highest BCUT2D eigenvalue weighted by atomic mass is 16.5. The summed E-state index contributed by atoms with van der Waals surface area (Å²) in [7, 11) is 0. The lowest BCUT2D eigenvalue weighted by Crippen LogP contribution is -2.53.